The van der Waals surface area contributed by atoms with E-state index in [1.54, 1.807) is 0 Å². The van der Waals surface area contributed by atoms with Gasteiger partial charge in [0.1, 0.15) is 0 Å². The third-order valence-electron chi connectivity index (χ3n) is 4.44. The highest BCUT2D eigenvalue weighted by Gasteiger charge is 2.25. The van der Waals surface area contributed by atoms with Crippen LogP contribution in [0.15, 0.2) is 30.3 Å². The molecule has 1 saturated heterocycles. The zero-order valence-electron chi connectivity index (χ0n) is 14.3. The maximum atomic E-state index is 11.2. The SMILES string of the molecule is COC(=O)CCC[C@@H]1C[C@H](C)C[C@@H](COCc2ccccc2)N1. The van der Waals surface area contributed by atoms with Gasteiger partial charge in [0.05, 0.1) is 20.3 Å². The molecule has 1 fully saturated rings. The Morgan fingerprint density at radius 2 is 1.96 bits per heavy atom. The van der Waals surface area contributed by atoms with E-state index in [2.05, 4.69) is 24.4 Å². The lowest BCUT2D eigenvalue weighted by Crippen LogP contribution is -2.47. The van der Waals surface area contributed by atoms with E-state index in [4.69, 9.17) is 9.47 Å². The minimum absolute atomic E-state index is 0.114. The largest absolute Gasteiger partial charge is 0.469 e. The van der Waals surface area contributed by atoms with Crippen LogP contribution in [-0.2, 0) is 20.9 Å². The van der Waals surface area contributed by atoms with Crippen LogP contribution in [0.1, 0.15) is 44.6 Å². The van der Waals surface area contributed by atoms with Crippen molar-refractivity contribution in [2.75, 3.05) is 13.7 Å². The summed E-state index contributed by atoms with van der Waals surface area (Å²) in [6.45, 7) is 3.71. The van der Waals surface area contributed by atoms with E-state index < -0.39 is 0 Å². The van der Waals surface area contributed by atoms with E-state index in [0.29, 0.717) is 31.0 Å². The lowest BCUT2D eigenvalue weighted by molar-refractivity contribution is -0.140. The van der Waals surface area contributed by atoms with Gasteiger partial charge in [0, 0.05) is 18.5 Å². The number of piperidine rings is 1. The van der Waals surface area contributed by atoms with Crippen LogP contribution in [0.5, 0.6) is 0 Å². The van der Waals surface area contributed by atoms with Gasteiger partial charge in [0.15, 0.2) is 0 Å². The minimum atomic E-state index is -0.114. The number of carbonyl (C=O) groups excluding carboxylic acids is 1. The van der Waals surface area contributed by atoms with Gasteiger partial charge >= 0.3 is 5.97 Å². The van der Waals surface area contributed by atoms with Crippen LogP contribution in [-0.4, -0.2) is 31.8 Å². The van der Waals surface area contributed by atoms with Crippen LogP contribution in [0.3, 0.4) is 0 Å². The van der Waals surface area contributed by atoms with E-state index in [1.165, 1.54) is 19.1 Å². The van der Waals surface area contributed by atoms with E-state index >= 15 is 0 Å². The van der Waals surface area contributed by atoms with Crippen molar-refractivity contribution >= 4 is 5.97 Å². The van der Waals surface area contributed by atoms with Gasteiger partial charge in [-0.2, -0.15) is 0 Å². The number of benzene rings is 1. The number of methoxy groups -OCH3 is 1. The van der Waals surface area contributed by atoms with Gasteiger partial charge in [-0.15, -0.1) is 0 Å². The Morgan fingerprint density at radius 3 is 2.70 bits per heavy atom. The van der Waals surface area contributed by atoms with Crippen LogP contribution < -0.4 is 5.32 Å². The Morgan fingerprint density at radius 1 is 1.22 bits per heavy atom. The molecule has 4 nitrogen and oxygen atoms in total. The van der Waals surface area contributed by atoms with Crippen molar-refractivity contribution in [1.29, 1.82) is 0 Å². The van der Waals surface area contributed by atoms with Gasteiger partial charge in [-0.05, 0) is 37.2 Å². The summed E-state index contributed by atoms with van der Waals surface area (Å²) < 4.78 is 10.6. The summed E-state index contributed by atoms with van der Waals surface area (Å²) in [4.78, 5) is 11.2. The zero-order chi connectivity index (χ0) is 16.5. The van der Waals surface area contributed by atoms with Gasteiger partial charge in [-0.1, -0.05) is 37.3 Å². The van der Waals surface area contributed by atoms with Gasteiger partial charge in [-0.25, -0.2) is 0 Å². The fourth-order valence-electron chi connectivity index (χ4n) is 3.34. The summed E-state index contributed by atoms with van der Waals surface area (Å²) in [6, 6.07) is 11.2. The lowest BCUT2D eigenvalue weighted by atomic mass is 9.87. The van der Waals surface area contributed by atoms with Gasteiger partial charge in [0.25, 0.3) is 0 Å². The topological polar surface area (TPSA) is 47.6 Å². The Bertz CT molecular complexity index is 463. The molecule has 1 heterocycles. The number of hydrogen-bond acceptors (Lipinski definition) is 4. The third kappa shape index (κ3) is 6.71. The molecule has 1 N–H and O–H groups in total. The molecule has 0 amide bonds. The number of carbonyl (C=O) groups is 1. The predicted molar refractivity (Wildman–Crippen MR) is 91.1 cm³/mol. The summed E-state index contributed by atoms with van der Waals surface area (Å²) in [7, 11) is 1.45. The molecular formula is C19H29NO3. The number of nitrogens with one attached hydrogen (secondary N) is 1. The van der Waals surface area contributed by atoms with Crippen LogP contribution in [0.2, 0.25) is 0 Å². The average molecular weight is 319 g/mol. The second kappa shape index (κ2) is 9.68. The molecular weight excluding hydrogens is 290 g/mol. The van der Waals surface area contributed by atoms with E-state index in [9.17, 15) is 4.79 Å². The Kier molecular flexibility index (Phi) is 7.56. The molecule has 0 aliphatic carbocycles. The molecule has 1 aliphatic heterocycles. The first kappa shape index (κ1) is 18.0. The molecule has 23 heavy (non-hydrogen) atoms. The number of hydrogen-bond donors (Lipinski definition) is 1. The first-order valence-corrected chi connectivity index (χ1v) is 8.62. The molecule has 1 aromatic rings. The second-order valence-electron chi connectivity index (χ2n) is 6.61. The second-order valence-corrected chi connectivity index (χ2v) is 6.61. The minimum Gasteiger partial charge on any atom is -0.469 e. The monoisotopic (exact) mass is 319 g/mol. The highest BCUT2D eigenvalue weighted by Crippen LogP contribution is 2.23. The fourth-order valence-corrected chi connectivity index (χ4v) is 3.34. The van der Waals surface area contributed by atoms with Crippen molar-refractivity contribution in [3.8, 4) is 0 Å². The van der Waals surface area contributed by atoms with Crippen molar-refractivity contribution in [3.05, 3.63) is 35.9 Å². The standard InChI is InChI=1S/C19H29NO3/c1-15-11-17(9-6-10-19(21)22-2)20-18(12-15)14-23-13-16-7-4-3-5-8-16/h3-5,7-8,15,17-18,20H,6,9-14H2,1-2H3/t15-,17+,18-/m0/s1. The fraction of sp³-hybridized carbons (Fsp3) is 0.632. The summed E-state index contributed by atoms with van der Waals surface area (Å²) in [6.07, 6.45) is 4.75. The molecule has 128 valence electrons. The summed E-state index contributed by atoms with van der Waals surface area (Å²) in [5.41, 5.74) is 1.21. The summed E-state index contributed by atoms with van der Waals surface area (Å²) >= 11 is 0. The van der Waals surface area contributed by atoms with Crippen LogP contribution in [0.4, 0.5) is 0 Å². The average Bonchev–Trinajstić information content (AvgIpc) is 2.55. The molecule has 0 bridgehead atoms. The van der Waals surface area contributed by atoms with Crippen molar-refractivity contribution in [1.82, 2.24) is 5.32 Å². The molecule has 0 unspecified atom stereocenters. The summed E-state index contributed by atoms with van der Waals surface area (Å²) in [5, 5.41) is 3.68. The Balaban J connectivity index is 1.68. The Hall–Kier alpha value is -1.39. The number of rotatable bonds is 8. The molecule has 0 aromatic heterocycles. The van der Waals surface area contributed by atoms with Crippen molar-refractivity contribution in [3.63, 3.8) is 0 Å². The number of esters is 1. The van der Waals surface area contributed by atoms with Crippen LogP contribution >= 0.6 is 0 Å². The molecule has 2 rings (SSSR count). The zero-order valence-corrected chi connectivity index (χ0v) is 14.3. The van der Waals surface area contributed by atoms with Gasteiger partial charge in [-0.3, -0.25) is 4.79 Å². The first-order valence-electron chi connectivity index (χ1n) is 8.62. The van der Waals surface area contributed by atoms with E-state index in [1.807, 2.05) is 18.2 Å². The molecule has 1 aromatic carbocycles. The van der Waals surface area contributed by atoms with Crippen LogP contribution in [0, 0.1) is 5.92 Å². The normalized spacial score (nSPS) is 24.3. The highest BCUT2D eigenvalue weighted by atomic mass is 16.5. The Labute approximate surface area is 139 Å². The molecule has 4 heteroatoms. The highest BCUT2D eigenvalue weighted by molar-refractivity contribution is 5.68. The maximum absolute atomic E-state index is 11.2. The van der Waals surface area contributed by atoms with Gasteiger partial charge in [0.2, 0.25) is 0 Å². The molecule has 0 saturated carbocycles. The van der Waals surface area contributed by atoms with Gasteiger partial charge < -0.3 is 14.8 Å². The van der Waals surface area contributed by atoms with E-state index in [-0.39, 0.29) is 5.97 Å². The maximum Gasteiger partial charge on any atom is 0.305 e. The third-order valence-corrected chi connectivity index (χ3v) is 4.44. The summed E-state index contributed by atoms with van der Waals surface area (Å²) in [5.74, 6) is 0.585. The predicted octanol–water partition coefficient (Wildman–Crippen LogP) is 3.30. The number of ether oxygens (including phenoxy) is 2. The van der Waals surface area contributed by atoms with Crippen molar-refractivity contribution < 1.29 is 14.3 Å². The quantitative estimate of drug-likeness (QED) is 0.747. The lowest BCUT2D eigenvalue weighted by Gasteiger charge is -2.35. The van der Waals surface area contributed by atoms with Crippen LogP contribution in [0.25, 0.3) is 0 Å². The smallest absolute Gasteiger partial charge is 0.305 e. The molecule has 0 spiro atoms. The van der Waals surface area contributed by atoms with Crippen molar-refractivity contribution in [2.45, 2.75) is 57.7 Å². The van der Waals surface area contributed by atoms with Crippen molar-refractivity contribution in [2.24, 2.45) is 5.92 Å². The van der Waals surface area contributed by atoms with E-state index in [0.717, 1.165) is 25.9 Å². The molecule has 1 aliphatic rings. The molecule has 0 radical (unpaired) electrons. The first-order chi connectivity index (χ1) is 11.2. The molecule has 3 atom stereocenters.